The molecule has 0 aliphatic carbocycles. The van der Waals surface area contributed by atoms with E-state index in [4.69, 9.17) is 23.0 Å². The Morgan fingerprint density at radius 3 is 2.05 bits per heavy atom. The molecule has 0 amide bonds. The minimum Gasteiger partial charge on any atom is -0.497 e. The highest BCUT2D eigenvalue weighted by Crippen LogP contribution is 2.39. The van der Waals surface area contributed by atoms with E-state index >= 15 is 0 Å². The van der Waals surface area contributed by atoms with E-state index in [1.54, 1.807) is 20.5 Å². The van der Waals surface area contributed by atoms with Crippen molar-refractivity contribution in [1.29, 1.82) is 0 Å². The molecule has 0 radical (unpaired) electrons. The first-order valence-corrected chi connectivity index (χ1v) is 12.6. The Balaban J connectivity index is 1.45. The van der Waals surface area contributed by atoms with Gasteiger partial charge >= 0.3 is 0 Å². The first-order valence-electron chi connectivity index (χ1n) is 12.6. The van der Waals surface area contributed by atoms with Crippen molar-refractivity contribution in [2.24, 2.45) is 0 Å². The van der Waals surface area contributed by atoms with Crippen molar-refractivity contribution in [2.75, 3.05) is 27.4 Å². The highest BCUT2D eigenvalue weighted by molar-refractivity contribution is 5.46. The molecule has 1 N–H and O–H groups in total. The summed E-state index contributed by atoms with van der Waals surface area (Å²) < 4.78 is 28.5. The van der Waals surface area contributed by atoms with Crippen molar-refractivity contribution >= 4 is 0 Å². The Bertz CT molecular complexity index is 1190. The van der Waals surface area contributed by atoms with Crippen LogP contribution in [0.1, 0.15) is 41.2 Å². The van der Waals surface area contributed by atoms with E-state index in [1.165, 1.54) is 0 Å². The van der Waals surface area contributed by atoms with Crippen LogP contribution in [0.2, 0.25) is 0 Å². The molecule has 194 valence electrons. The third-order valence-corrected chi connectivity index (χ3v) is 6.86. The molecule has 0 bridgehead atoms. The summed E-state index contributed by atoms with van der Waals surface area (Å²) in [6.45, 7) is 2.78. The molecule has 7 nitrogen and oxygen atoms in total. The summed E-state index contributed by atoms with van der Waals surface area (Å²) in [5.41, 5.74) is -0.158. The van der Waals surface area contributed by atoms with Gasteiger partial charge in [0.15, 0.2) is 5.60 Å². The number of hydrogen-bond acceptors (Lipinski definition) is 7. The maximum atomic E-state index is 12.2. The van der Waals surface area contributed by atoms with E-state index in [2.05, 4.69) is 4.90 Å². The molecule has 1 aliphatic rings. The third-order valence-electron chi connectivity index (χ3n) is 6.86. The highest BCUT2D eigenvalue weighted by atomic mass is 16.5. The number of hydrogen-bond donors (Lipinski definition) is 1. The number of benzene rings is 2. The Morgan fingerprint density at radius 1 is 0.865 bits per heavy atom. The molecule has 1 fully saturated rings. The van der Waals surface area contributed by atoms with Crippen LogP contribution < -0.4 is 9.47 Å². The lowest BCUT2D eigenvalue weighted by Crippen LogP contribution is -2.31. The molecule has 4 aromatic rings. The van der Waals surface area contributed by atoms with Crippen LogP contribution in [0.25, 0.3) is 0 Å². The van der Waals surface area contributed by atoms with Gasteiger partial charge in [-0.3, -0.25) is 4.90 Å². The smallest absolute Gasteiger partial charge is 0.173 e. The van der Waals surface area contributed by atoms with Crippen LogP contribution in [0.15, 0.2) is 87.9 Å². The van der Waals surface area contributed by atoms with Crippen molar-refractivity contribution < 1.29 is 28.2 Å². The van der Waals surface area contributed by atoms with Gasteiger partial charge in [0.1, 0.15) is 28.8 Å². The van der Waals surface area contributed by atoms with Crippen molar-refractivity contribution in [3.05, 3.63) is 107 Å². The fourth-order valence-corrected chi connectivity index (χ4v) is 4.88. The van der Waals surface area contributed by atoms with Gasteiger partial charge in [0, 0.05) is 13.2 Å². The molecular weight excluding hydrogens is 470 g/mol. The minimum absolute atomic E-state index is 0.194. The molecule has 2 aromatic heterocycles. The first kappa shape index (κ1) is 25.1. The number of aliphatic hydroxyl groups is 1. The first-order chi connectivity index (χ1) is 18.1. The van der Waals surface area contributed by atoms with E-state index < -0.39 is 5.60 Å². The van der Waals surface area contributed by atoms with Crippen LogP contribution in [0.4, 0.5) is 0 Å². The van der Waals surface area contributed by atoms with Gasteiger partial charge in [-0.05, 0) is 72.5 Å². The molecule has 1 aliphatic heterocycles. The lowest BCUT2D eigenvalue weighted by Gasteiger charge is -2.28. The van der Waals surface area contributed by atoms with Crippen LogP contribution in [-0.4, -0.2) is 43.5 Å². The largest absolute Gasteiger partial charge is 0.497 e. The van der Waals surface area contributed by atoms with Crippen LogP contribution in [0.5, 0.6) is 11.5 Å². The number of furan rings is 2. The lowest BCUT2D eigenvalue weighted by molar-refractivity contribution is 0.0606. The number of nitrogens with zero attached hydrogens (tertiary/aromatic N) is 1. The van der Waals surface area contributed by atoms with Gasteiger partial charge in [-0.25, -0.2) is 0 Å². The second kappa shape index (κ2) is 11.3. The van der Waals surface area contributed by atoms with Crippen LogP contribution >= 0.6 is 0 Å². The molecule has 5 rings (SSSR count). The molecule has 0 spiro atoms. The Labute approximate surface area is 217 Å². The Morgan fingerprint density at radius 2 is 1.51 bits per heavy atom. The summed E-state index contributed by atoms with van der Waals surface area (Å²) in [4.78, 5) is 2.26. The molecule has 0 saturated carbocycles. The van der Waals surface area contributed by atoms with Crippen molar-refractivity contribution in [1.82, 2.24) is 4.90 Å². The molecule has 2 aromatic carbocycles. The summed E-state index contributed by atoms with van der Waals surface area (Å²) in [6.07, 6.45) is 4.02. The average molecular weight is 504 g/mol. The third kappa shape index (κ3) is 5.59. The van der Waals surface area contributed by atoms with Gasteiger partial charge in [0.05, 0.1) is 39.7 Å². The average Bonchev–Trinajstić information content (AvgIpc) is 3.73. The van der Waals surface area contributed by atoms with Crippen molar-refractivity contribution in [2.45, 2.75) is 37.6 Å². The normalized spacial score (nSPS) is 15.8. The van der Waals surface area contributed by atoms with Crippen LogP contribution in [0, 0.1) is 0 Å². The number of rotatable bonds is 11. The lowest BCUT2D eigenvalue weighted by atomic mass is 9.84. The van der Waals surface area contributed by atoms with E-state index in [0.717, 1.165) is 37.5 Å². The van der Waals surface area contributed by atoms with Crippen LogP contribution in [0.3, 0.4) is 0 Å². The summed E-state index contributed by atoms with van der Waals surface area (Å²) in [6, 6.07) is 22.4. The van der Waals surface area contributed by atoms with Crippen LogP contribution in [-0.2, 0) is 23.4 Å². The topological polar surface area (TPSA) is 77.4 Å². The van der Waals surface area contributed by atoms with Crippen molar-refractivity contribution in [3.8, 4) is 11.5 Å². The monoisotopic (exact) mass is 503 g/mol. The molecule has 1 saturated heterocycles. The van der Waals surface area contributed by atoms with Gasteiger partial charge in [-0.15, -0.1) is 0 Å². The van der Waals surface area contributed by atoms with Crippen molar-refractivity contribution in [3.63, 3.8) is 0 Å². The van der Waals surface area contributed by atoms with E-state index in [1.807, 2.05) is 72.8 Å². The fraction of sp³-hybridized carbons (Fsp3) is 0.333. The maximum absolute atomic E-state index is 12.2. The second-order valence-electron chi connectivity index (χ2n) is 9.32. The fourth-order valence-electron chi connectivity index (χ4n) is 4.88. The zero-order valence-corrected chi connectivity index (χ0v) is 21.3. The maximum Gasteiger partial charge on any atom is 0.173 e. The van der Waals surface area contributed by atoms with E-state index in [-0.39, 0.29) is 6.10 Å². The van der Waals surface area contributed by atoms with E-state index in [0.29, 0.717) is 41.5 Å². The predicted molar refractivity (Wildman–Crippen MR) is 139 cm³/mol. The van der Waals surface area contributed by atoms with Gasteiger partial charge in [0.2, 0.25) is 0 Å². The summed E-state index contributed by atoms with van der Waals surface area (Å²) in [7, 11) is 3.24. The molecule has 37 heavy (non-hydrogen) atoms. The molecule has 3 heterocycles. The summed E-state index contributed by atoms with van der Waals surface area (Å²) >= 11 is 0. The highest BCUT2D eigenvalue weighted by Gasteiger charge is 2.37. The standard InChI is InChI=1S/C30H33NO6/c1-33-24-11-7-22(8-12-24)30(32,23-9-13-25(34-2)14-10-23)29-16-15-28(37-29)21-31(19-26-5-3-17-35-26)20-27-6-4-18-36-27/h3,5,7-17,27,32H,4,6,18-21H2,1-2H3/t27-/m0/s1. The van der Waals surface area contributed by atoms with Gasteiger partial charge < -0.3 is 28.2 Å². The molecule has 1 atom stereocenters. The zero-order chi connectivity index (χ0) is 25.7. The number of methoxy groups -OCH3 is 2. The Hall–Kier alpha value is -3.52. The summed E-state index contributed by atoms with van der Waals surface area (Å²) in [5, 5.41) is 12.2. The molecule has 7 heteroatoms. The number of ether oxygens (including phenoxy) is 3. The Kier molecular flexibility index (Phi) is 7.65. The second-order valence-corrected chi connectivity index (χ2v) is 9.32. The predicted octanol–water partition coefficient (Wildman–Crippen LogP) is 5.36. The molecule has 0 unspecified atom stereocenters. The molecular formula is C30H33NO6. The summed E-state index contributed by atoms with van der Waals surface area (Å²) in [5.74, 6) is 3.50. The zero-order valence-electron chi connectivity index (χ0n) is 21.3. The van der Waals surface area contributed by atoms with Gasteiger partial charge in [0.25, 0.3) is 0 Å². The van der Waals surface area contributed by atoms with Gasteiger partial charge in [-0.2, -0.15) is 0 Å². The van der Waals surface area contributed by atoms with Gasteiger partial charge in [-0.1, -0.05) is 24.3 Å². The minimum atomic E-state index is -1.50. The quantitative estimate of drug-likeness (QED) is 0.295. The SMILES string of the molecule is COc1ccc(C(O)(c2ccc(OC)cc2)c2ccc(CN(Cc3ccco3)C[C@@H]3CCCO3)o2)cc1. The van der Waals surface area contributed by atoms with E-state index in [9.17, 15) is 5.11 Å².